The highest BCUT2D eigenvalue weighted by molar-refractivity contribution is 8.00. The van der Waals surface area contributed by atoms with E-state index in [0.29, 0.717) is 11.9 Å². The Labute approximate surface area is 93.3 Å². The van der Waals surface area contributed by atoms with E-state index in [2.05, 4.69) is 5.10 Å². The summed E-state index contributed by atoms with van der Waals surface area (Å²) in [6.45, 7) is 0. The summed E-state index contributed by atoms with van der Waals surface area (Å²) in [5.41, 5.74) is 1.12. The number of fused-ring (bicyclic) bond motifs is 1. The van der Waals surface area contributed by atoms with Crippen LogP contribution in [0.3, 0.4) is 0 Å². The van der Waals surface area contributed by atoms with Crippen molar-refractivity contribution in [1.29, 1.82) is 0 Å². The van der Waals surface area contributed by atoms with Gasteiger partial charge < -0.3 is 0 Å². The van der Waals surface area contributed by atoms with Crippen molar-refractivity contribution in [3.05, 3.63) is 0 Å². The highest BCUT2D eigenvalue weighted by Crippen LogP contribution is 2.56. The average Bonchev–Trinajstić information content (AvgIpc) is 2.76. The third-order valence-corrected chi connectivity index (χ3v) is 5.70. The molecular formula is C11H14N2OS. The van der Waals surface area contributed by atoms with E-state index >= 15 is 0 Å². The standard InChI is InChI=1S/C11H14N2OS/c14-10-11-2-1-7(4-11)3-9(11)12-13(10)8-5-15-6-8/h7-8H,1-6H2. The van der Waals surface area contributed by atoms with Crippen molar-refractivity contribution in [2.45, 2.75) is 31.7 Å². The van der Waals surface area contributed by atoms with E-state index in [1.54, 1.807) is 0 Å². The summed E-state index contributed by atoms with van der Waals surface area (Å²) in [5.74, 6) is 3.28. The lowest BCUT2D eigenvalue weighted by Gasteiger charge is -2.32. The van der Waals surface area contributed by atoms with Crippen molar-refractivity contribution < 1.29 is 4.79 Å². The molecule has 2 unspecified atom stereocenters. The SMILES string of the molecule is O=C1N(C2CSC2)N=C2CC3CCC12C3. The first-order valence-corrected chi connectivity index (χ1v) is 6.94. The zero-order valence-corrected chi connectivity index (χ0v) is 9.42. The Balaban J connectivity index is 1.72. The van der Waals surface area contributed by atoms with Gasteiger partial charge in [-0.1, -0.05) is 0 Å². The minimum Gasteiger partial charge on any atom is -0.272 e. The number of hydrogen-bond acceptors (Lipinski definition) is 3. The molecule has 2 aliphatic heterocycles. The van der Waals surface area contributed by atoms with Crippen molar-refractivity contribution >= 4 is 23.4 Å². The molecule has 0 aromatic rings. The van der Waals surface area contributed by atoms with Crippen LogP contribution in [0.1, 0.15) is 25.7 Å². The smallest absolute Gasteiger partial charge is 0.254 e. The lowest BCUT2D eigenvalue weighted by atomic mass is 9.82. The van der Waals surface area contributed by atoms with Gasteiger partial charge in [-0.25, -0.2) is 5.01 Å². The van der Waals surface area contributed by atoms with Gasteiger partial charge in [-0.2, -0.15) is 16.9 Å². The Kier molecular flexibility index (Phi) is 1.49. The van der Waals surface area contributed by atoms with Crippen LogP contribution in [-0.4, -0.2) is 34.2 Å². The second-order valence-electron chi connectivity index (χ2n) is 5.28. The molecule has 1 saturated heterocycles. The Morgan fingerprint density at radius 1 is 1.47 bits per heavy atom. The quantitative estimate of drug-likeness (QED) is 0.673. The Morgan fingerprint density at radius 3 is 2.93 bits per heavy atom. The summed E-state index contributed by atoms with van der Waals surface area (Å²) in [6.07, 6.45) is 4.52. The van der Waals surface area contributed by atoms with Crippen LogP contribution in [0.2, 0.25) is 0 Å². The highest BCUT2D eigenvalue weighted by Gasteiger charge is 2.60. The van der Waals surface area contributed by atoms with Crippen molar-refractivity contribution in [1.82, 2.24) is 5.01 Å². The van der Waals surface area contributed by atoms with Crippen LogP contribution in [0.4, 0.5) is 0 Å². The van der Waals surface area contributed by atoms with E-state index in [9.17, 15) is 4.79 Å². The maximum atomic E-state index is 12.4. The Morgan fingerprint density at radius 2 is 2.33 bits per heavy atom. The molecule has 2 aliphatic carbocycles. The Bertz CT molecular complexity index is 377. The molecule has 3 fully saturated rings. The summed E-state index contributed by atoms with van der Waals surface area (Å²) >= 11 is 1.92. The minimum absolute atomic E-state index is 0.106. The van der Waals surface area contributed by atoms with Gasteiger partial charge >= 0.3 is 0 Å². The molecule has 80 valence electrons. The van der Waals surface area contributed by atoms with Gasteiger partial charge in [0.05, 0.1) is 17.2 Å². The number of hydrazone groups is 1. The topological polar surface area (TPSA) is 32.7 Å². The monoisotopic (exact) mass is 222 g/mol. The number of rotatable bonds is 1. The molecule has 0 aromatic heterocycles. The third kappa shape index (κ3) is 0.900. The molecular weight excluding hydrogens is 208 g/mol. The number of carbonyl (C=O) groups excluding carboxylic acids is 1. The molecule has 1 spiro atoms. The maximum Gasteiger partial charge on any atom is 0.254 e. The first-order chi connectivity index (χ1) is 7.29. The van der Waals surface area contributed by atoms with Crippen LogP contribution < -0.4 is 0 Å². The zero-order chi connectivity index (χ0) is 10.0. The van der Waals surface area contributed by atoms with Gasteiger partial charge in [0.25, 0.3) is 5.91 Å². The number of amides is 1. The van der Waals surface area contributed by atoms with Gasteiger partial charge in [0.1, 0.15) is 0 Å². The van der Waals surface area contributed by atoms with Crippen LogP contribution in [-0.2, 0) is 4.79 Å². The molecule has 15 heavy (non-hydrogen) atoms. The van der Waals surface area contributed by atoms with Crippen LogP contribution in [0.15, 0.2) is 5.10 Å². The first-order valence-electron chi connectivity index (χ1n) is 5.79. The normalized spacial score (nSPS) is 43.2. The van der Waals surface area contributed by atoms with Crippen molar-refractivity contribution in [2.75, 3.05) is 11.5 Å². The van der Waals surface area contributed by atoms with E-state index in [1.165, 1.54) is 12.1 Å². The minimum atomic E-state index is -0.106. The molecule has 2 saturated carbocycles. The van der Waals surface area contributed by atoms with Crippen LogP contribution in [0.5, 0.6) is 0 Å². The van der Waals surface area contributed by atoms with E-state index in [0.717, 1.165) is 36.7 Å². The second-order valence-corrected chi connectivity index (χ2v) is 6.36. The molecule has 2 atom stereocenters. The fourth-order valence-electron chi connectivity index (χ4n) is 3.51. The third-order valence-electron chi connectivity index (χ3n) is 4.46. The summed E-state index contributed by atoms with van der Waals surface area (Å²) < 4.78 is 0. The number of carbonyl (C=O) groups is 1. The summed E-state index contributed by atoms with van der Waals surface area (Å²) in [5, 5.41) is 6.44. The van der Waals surface area contributed by atoms with E-state index in [1.807, 2.05) is 16.8 Å². The van der Waals surface area contributed by atoms with Gasteiger partial charge in [-0.3, -0.25) is 4.79 Å². The Hall–Kier alpha value is -0.510. The molecule has 4 rings (SSSR count). The average molecular weight is 222 g/mol. The van der Waals surface area contributed by atoms with Crippen LogP contribution in [0.25, 0.3) is 0 Å². The van der Waals surface area contributed by atoms with Gasteiger partial charge in [0.2, 0.25) is 0 Å². The molecule has 1 amide bonds. The molecule has 2 bridgehead atoms. The fourth-order valence-corrected chi connectivity index (χ4v) is 4.24. The molecule has 0 N–H and O–H groups in total. The zero-order valence-electron chi connectivity index (χ0n) is 8.61. The lowest BCUT2D eigenvalue weighted by molar-refractivity contribution is -0.137. The van der Waals surface area contributed by atoms with Crippen LogP contribution >= 0.6 is 11.8 Å². The van der Waals surface area contributed by atoms with Gasteiger partial charge in [0, 0.05) is 11.5 Å². The number of nitrogens with zero attached hydrogens (tertiary/aromatic N) is 2. The van der Waals surface area contributed by atoms with Crippen molar-refractivity contribution in [3.8, 4) is 0 Å². The van der Waals surface area contributed by atoms with Crippen molar-refractivity contribution in [2.24, 2.45) is 16.4 Å². The molecule has 2 heterocycles. The molecule has 4 aliphatic rings. The maximum absolute atomic E-state index is 12.4. The predicted octanol–water partition coefficient (Wildman–Crippen LogP) is 1.49. The second kappa shape index (κ2) is 2.59. The summed E-state index contributed by atoms with van der Waals surface area (Å²) in [4.78, 5) is 12.4. The molecule has 3 nitrogen and oxygen atoms in total. The predicted molar refractivity (Wildman–Crippen MR) is 59.8 cm³/mol. The first kappa shape index (κ1) is 8.62. The number of thioether (sulfide) groups is 1. The largest absolute Gasteiger partial charge is 0.272 e. The van der Waals surface area contributed by atoms with Crippen LogP contribution in [0, 0.1) is 11.3 Å². The van der Waals surface area contributed by atoms with Gasteiger partial charge in [0.15, 0.2) is 0 Å². The van der Waals surface area contributed by atoms with Gasteiger partial charge in [-0.15, -0.1) is 0 Å². The molecule has 4 heteroatoms. The van der Waals surface area contributed by atoms with E-state index in [-0.39, 0.29) is 5.41 Å². The van der Waals surface area contributed by atoms with E-state index < -0.39 is 0 Å². The molecule has 0 radical (unpaired) electrons. The number of hydrogen-bond donors (Lipinski definition) is 0. The highest BCUT2D eigenvalue weighted by atomic mass is 32.2. The summed E-state index contributed by atoms with van der Waals surface area (Å²) in [7, 11) is 0. The summed E-state index contributed by atoms with van der Waals surface area (Å²) in [6, 6.07) is 0.411. The molecule has 0 aromatic carbocycles. The van der Waals surface area contributed by atoms with E-state index in [4.69, 9.17) is 0 Å². The van der Waals surface area contributed by atoms with Gasteiger partial charge in [-0.05, 0) is 31.6 Å². The lowest BCUT2D eigenvalue weighted by Crippen LogP contribution is -2.46. The fraction of sp³-hybridized carbons (Fsp3) is 0.818. The van der Waals surface area contributed by atoms with Crippen molar-refractivity contribution in [3.63, 3.8) is 0 Å².